The summed E-state index contributed by atoms with van der Waals surface area (Å²) in [4.78, 5) is 14.2. The lowest BCUT2D eigenvalue weighted by molar-refractivity contribution is 0.193. The van der Waals surface area contributed by atoms with E-state index >= 15 is 0 Å². The van der Waals surface area contributed by atoms with Gasteiger partial charge in [0, 0.05) is 6.54 Å². The zero-order chi connectivity index (χ0) is 11.8. The van der Waals surface area contributed by atoms with Crippen molar-refractivity contribution in [3.63, 3.8) is 0 Å². The average molecular weight is 225 g/mol. The number of hydrogen-bond acceptors (Lipinski definition) is 5. The summed E-state index contributed by atoms with van der Waals surface area (Å²) in [5.41, 5.74) is 0.489. The minimum Gasteiger partial charge on any atom is -0.465 e. The molecule has 1 aromatic heterocycles. The predicted molar refractivity (Wildman–Crippen MR) is 58.1 cm³/mol. The minimum absolute atomic E-state index is 0.116. The maximum Gasteiger partial charge on any atom is 0.404 e. The van der Waals surface area contributed by atoms with Crippen molar-refractivity contribution < 1.29 is 9.90 Å². The first kappa shape index (κ1) is 12.2. The molecule has 3 N–H and O–H groups in total. The number of unbranched alkanes of at least 4 members (excludes halogenated alkanes) is 1. The molecule has 1 heterocycles. The van der Waals surface area contributed by atoms with Gasteiger partial charge in [0.15, 0.2) is 0 Å². The van der Waals surface area contributed by atoms with E-state index < -0.39 is 6.09 Å². The number of anilines is 1. The van der Waals surface area contributed by atoms with Crippen molar-refractivity contribution in [2.75, 3.05) is 11.9 Å². The normalized spacial score (nSPS) is 9.81. The quantitative estimate of drug-likeness (QED) is 0.620. The monoisotopic (exact) mass is 225 g/mol. The summed E-state index contributed by atoms with van der Waals surface area (Å²) < 4.78 is 0. The van der Waals surface area contributed by atoms with Crippen molar-refractivity contribution in [2.45, 2.75) is 26.3 Å². The van der Waals surface area contributed by atoms with E-state index in [0.717, 1.165) is 19.4 Å². The van der Waals surface area contributed by atoms with Crippen LogP contribution < -0.4 is 10.6 Å². The van der Waals surface area contributed by atoms with Gasteiger partial charge in [0.05, 0.1) is 12.7 Å². The highest BCUT2D eigenvalue weighted by atomic mass is 16.4. The first-order valence-electron chi connectivity index (χ1n) is 5.11. The van der Waals surface area contributed by atoms with Crippen LogP contribution in [0, 0.1) is 0 Å². The number of carboxylic acid groups (broad SMARTS) is 1. The molecule has 0 bridgehead atoms. The van der Waals surface area contributed by atoms with Crippen LogP contribution in [0.2, 0.25) is 0 Å². The first-order valence-corrected chi connectivity index (χ1v) is 5.11. The number of rotatable bonds is 6. The summed E-state index contributed by atoms with van der Waals surface area (Å²) in [6.07, 6.45) is 2.55. The molecule has 0 fully saturated rings. The van der Waals surface area contributed by atoms with Crippen LogP contribution in [0.15, 0.2) is 6.20 Å². The molecule has 0 unspecified atom stereocenters. The third kappa shape index (κ3) is 4.54. The molecule has 0 atom stereocenters. The van der Waals surface area contributed by atoms with E-state index in [1.807, 2.05) is 0 Å². The summed E-state index contributed by atoms with van der Waals surface area (Å²) in [5, 5.41) is 21.2. The standard InChI is InChI=1S/C9H15N5O2/c1-2-3-4-10-8-11-5-7(13-14-8)6-12-9(15)16/h5,12H,2-4,6H2,1H3,(H,15,16)(H,10,11,14). The fraction of sp³-hybridized carbons (Fsp3) is 0.556. The maximum absolute atomic E-state index is 10.2. The molecule has 0 aliphatic heterocycles. The smallest absolute Gasteiger partial charge is 0.404 e. The van der Waals surface area contributed by atoms with E-state index in [4.69, 9.17) is 5.11 Å². The number of amides is 1. The van der Waals surface area contributed by atoms with Crippen molar-refractivity contribution in [1.82, 2.24) is 20.5 Å². The molecule has 16 heavy (non-hydrogen) atoms. The van der Waals surface area contributed by atoms with Crippen LogP contribution in [-0.2, 0) is 6.54 Å². The van der Waals surface area contributed by atoms with Crippen LogP contribution in [0.1, 0.15) is 25.5 Å². The third-order valence-electron chi connectivity index (χ3n) is 1.84. The summed E-state index contributed by atoms with van der Waals surface area (Å²) in [6.45, 7) is 3.02. The zero-order valence-corrected chi connectivity index (χ0v) is 9.10. The molecular formula is C9H15N5O2. The van der Waals surface area contributed by atoms with E-state index in [9.17, 15) is 4.79 Å². The van der Waals surface area contributed by atoms with Gasteiger partial charge in [-0.05, 0) is 6.42 Å². The molecule has 88 valence electrons. The molecule has 7 heteroatoms. The summed E-state index contributed by atoms with van der Waals surface area (Å²) in [6, 6.07) is 0. The Hall–Kier alpha value is -1.92. The summed E-state index contributed by atoms with van der Waals surface area (Å²) in [5.74, 6) is 0.465. The van der Waals surface area contributed by atoms with Crippen molar-refractivity contribution in [1.29, 1.82) is 0 Å². The number of nitrogens with zero attached hydrogens (tertiary/aromatic N) is 3. The molecular weight excluding hydrogens is 210 g/mol. The van der Waals surface area contributed by atoms with E-state index in [2.05, 4.69) is 32.7 Å². The highest BCUT2D eigenvalue weighted by Crippen LogP contribution is 1.97. The summed E-state index contributed by atoms with van der Waals surface area (Å²) in [7, 11) is 0. The van der Waals surface area contributed by atoms with Crippen molar-refractivity contribution in [2.24, 2.45) is 0 Å². The Labute approximate surface area is 93.3 Å². The number of carbonyl (C=O) groups is 1. The average Bonchev–Trinajstić information content (AvgIpc) is 2.28. The number of hydrogen-bond donors (Lipinski definition) is 3. The molecule has 7 nitrogen and oxygen atoms in total. The van der Waals surface area contributed by atoms with E-state index in [1.54, 1.807) is 0 Å². The Balaban J connectivity index is 2.38. The van der Waals surface area contributed by atoms with Crippen LogP contribution >= 0.6 is 0 Å². The van der Waals surface area contributed by atoms with Gasteiger partial charge in [-0.3, -0.25) is 0 Å². The molecule has 0 aliphatic carbocycles. The van der Waals surface area contributed by atoms with E-state index in [0.29, 0.717) is 11.6 Å². The van der Waals surface area contributed by atoms with Crippen LogP contribution in [0.5, 0.6) is 0 Å². The number of aromatic nitrogens is 3. The van der Waals surface area contributed by atoms with Gasteiger partial charge in [-0.2, -0.15) is 0 Å². The molecule has 0 spiro atoms. The van der Waals surface area contributed by atoms with Gasteiger partial charge in [-0.1, -0.05) is 13.3 Å². The number of nitrogens with one attached hydrogen (secondary N) is 2. The van der Waals surface area contributed by atoms with Gasteiger partial charge in [-0.15, -0.1) is 10.2 Å². The van der Waals surface area contributed by atoms with E-state index in [1.165, 1.54) is 6.20 Å². The Morgan fingerprint density at radius 3 is 2.88 bits per heavy atom. The van der Waals surface area contributed by atoms with Crippen molar-refractivity contribution in [3.8, 4) is 0 Å². The lowest BCUT2D eigenvalue weighted by atomic mass is 10.3. The maximum atomic E-state index is 10.2. The van der Waals surface area contributed by atoms with Crippen LogP contribution in [0.4, 0.5) is 10.7 Å². The van der Waals surface area contributed by atoms with Crippen LogP contribution in [0.25, 0.3) is 0 Å². The van der Waals surface area contributed by atoms with Gasteiger partial charge >= 0.3 is 6.09 Å². The van der Waals surface area contributed by atoms with Crippen molar-refractivity contribution in [3.05, 3.63) is 11.9 Å². The lowest BCUT2D eigenvalue weighted by Gasteiger charge is -2.03. The zero-order valence-electron chi connectivity index (χ0n) is 9.10. The Kier molecular flexibility index (Phi) is 4.97. The molecule has 0 saturated heterocycles. The summed E-state index contributed by atoms with van der Waals surface area (Å²) >= 11 is 0. The fourth-order valence-corrected chi connectivity index (χ4v) is 1.00. The molecule has 0 radical (unpaired) electrons. The largest absolute Gasteiger partial charge is 0.465 e. The van der Waals surface area contributed by atoms with Crippen LogP contribution in [-0.4, -0.2) is 32.9 Å². The molecule has 0 aromatic carbocycles. The molecule has 0 aliphatic rings. The first-order chi connectivity index (χ1) is 7.72. The predicted octanol–water partition coefficient (Wildman–Crippen LogP) is 0.851. The SMILES string of the molecule is CCCCNc1ncc(CNC(=O)O)nn1. The van der Waals surface area contributed by atoms with Gasteiger partial charge < -0.3 is 15.7 Å². The van der Waals surface area contributed by atoms with Gasteiger partial charge in [0.25, 0.3) is 0 Å². The second kappa shape index (κ2) is 6.54. The molecule has 1 amide bonds. The van der Waals surface area contributed by atoms with E-state index in [-0.39, 0.29) is 6.54 Å². The van der Waals surface area contributed by atoms with Crippen molar-refractivity contribution >= 4 is 12.0 Å². The molecule has 0 saturated carbocycles. The Morgan fingerprint density at radius 1 is 1.50 bits per heavy atom. The Bertz CT molecular complexity index is 327. The fourth-order valence-electron chi connectivity index (χ4n) is 1.00. The minimum atomic E-state index is -1.09. The van der Waals surface area contributed by atoms with Gasteiger partial charge in [0.2, 0.25) is 5.95 Å². The molecule has 1 aromatic rings. The highest BCUT2D eigenvalue weighted by molar-refractivity contribution is 5.64. The topological polar surface area (TPSA) is 100 Å². The second-order valence-corrected chi connectivity index (χ2v) is 3.21. The van der Waals surface area contributed by atoms with Gasteiger partial charge in [0.1, 0.15) is 5.69 Å². The van der Waals surface area contributed by atoms with Gasteiger partial charge in [-0.25, -0.2) is 9.78 Å². The third-order valence-corrected chi connectivity index (χ3v) is 1.84. The highest BCUT2D eigenvalue weighted by Gasteiger charge is 2.00. The second-order valence-electron chi connectivity index (χ2n) is 3.21. The Morgan fingerprint density at radius 2 is 2.31 bits per heavy atom. The lowest BCUT2D eigenvalue weighted by Crippen LogP contribution is -2.21. The van der Waals surface area contributed by atoms with Crippen LogP contribution in [0.3, 0.4) is 0 Å². The molecule has 1 rings (SSSR count).